The van der Waals surface area contributed by atoms with Gasteiger partial charge in [0.05, 0.1) is 17.0 Å². The van der Waals surface area contributed by atoms with Gasteiger partial charge in [-0.25, -0.2) is 9.59 Å². The zero-order valence-electron chi connectivity index (χ0n) is 20.8. The number of benzene rings is 1. The van der Waals surface area contributed by atoms with Crippen LogP contribution in [0.4, 0.5) is 4.79 Å². The van der Waals surface area contributed by atoms with Crippen LogP contribution < -0.4 is 0 Å². The van der Waals surface area contributed by atoms with Crippen LogP contribution in [0.2, 0.25) is 10.0 Å². The number of fused-ring (bicyclic) bond motifs is 1. The van der Waals surface area contributed by atoms with Crippen molar-refractivity contribution >= 4 is 56.7 Å². The van der Waals surface area contributed by atoms with Crippen LogP contribution in [0.1, 0.15) is 56.7 Å². The van der Waals surface area contributed by atoms with E-state index in [-0.39, 0.29) is 24.3 Å². The highest BCUT2D eigenvalue weighted by molar-refractivity contribution is 7.22. The zero-order valence-corrected chi connectivity index (χ0v) is 23.1. The second-order valence-corrected chi connectivity index (χ2v) is 11.8. The van der Waals surface area contributed by atoms with Crippen molar-refractivity contribution in [2.24, 2.45) is 5.92 Å². The highest BCUT2D eigenvalue weighted by Gasteiger charge is 2.29. The van der Waals surface area contributed by atoms with E-state index in [0.29, 0.717) is 34.3 Å². The first-order valence-corrected chi connectivity index (χ1v) is 13.5. The lowest BCUT2D eigenvalue weighted by molar-refractivity contribution is 0.0165. The molecule has 10 heteroatoms. The highest BCUT2D eigenvalue weighted by Crippen LogP contribution is 2.39. The molecule has 1 atom stereocenters. The molecular formula is C26H29Cl2N3O4S. The number of aromatic nitrogens is 2. The summed E-state index contributed by atoms with van der Waals surface area (Å²) in [6.07, 6.45) is 2.18. The lowest BCUT2D eigenvalue weighted by Crippen LogP contribution is -2.43. The Hall–Kier alpha value is -2.42. The van der Waals surface area contributed by atoms with E-state index >= 15 is 0 Å². The van der Waals surface area contributed by atoms with Crippen molar-refractivity contribution in [2.45, 2.75) is 52.6 Å². The Labute approximate surface area is 224 Å². The highest BCUT2D eigenvalue weighted by atomic mass is 35.5. The number of halogens is 2. The number of amides is 1. The summed E-state index contributed by atoms with van der Waals surface area (Å²) in [5.74, 6) is -0.311. The standard InChI is InChI=1S/C26H29Cl2N3O4S/c1-5-34-24(32)22-23-19(13-21(36-23)16-10-17(27)12-18(28)11-16)20(29-30-22)9-15-7-6-8-31(14-15)25(33)35-26(2,3)4/h10-13,15H,5-9,14H2,1-4H3. The molecule has 0 spiro atoms. The second kappa shape index (κ2) is 10.9. The van der Waals surface area contributed by atoms with Crippen LogP contribution in [-0.4, -0.2) is 52.5 Å². The first kappa shape index (κ1) is 26.6. The van der Waals surface area contributed by atoms with Crippen molar-refractivity contribution in [1.29, 1.82) is 0 Å². The van der Waals surface area contributed by atoms with Crippen LogP contribution in [0.3, 0.4) is 0 Å². The van der Waals surface area contributed by atoms with Gasteiger partial charge in [-0.2, -0.15) is 5.10 Å². The molecule has 192 valence electrons. The summed E-state index contributed by atoms with van der Waals surface area (Å²) >= 11 is 13.9. The fraction of sp³-hybridized carbons (Fsp3) is 0.462. The average molecular weight is 551 g/mol. The molecule has 3 aromatic rings. The zero-order chi connectivity index (χ0) is 26.0. The minimum atomic E-state index is -0.541. The number of ether oxygens (including phenoxy) is 2. The van der Waals surface area contributed by atoms with Crippen molar-refractivity contribution in [3.63, 3.8) is 0 Å². The summed E-state index contributed by atoms with van der Waals surface area (Å²) in [6, 6.07) is 7.35. The van der Waals surface area contributed by atoms with E-state index in [2.05, 4.69) is 10.2 Å². The van der Waals surface area contributed by atoms with Gasteiger partial charge in [0.2, 0.25) is 0 Å². The molecule has 4 rings (SSSR count). The summed E-state index contributed by atoms with van der Waals surface area (Å²) in [4.78, 5) is 27.9. The molecule has 0 N–H and O–H groups in total. The van der Waals surface area contributed by atoms with Gasteiger partial charge in [-0.3, -0.25) is 0 Å². The first-order valence-electron chi connectivity index (χ1n) is 11.9. The molecule has 1 aliphatic rings. The Kier molecular flexibility index (Phi) is 8.07. The Morgan fingerprint density at radius 2 is 1.86 bits per heavy atom. The summed E-state index contributed by atoms with van der Waals surface area (Å²) in [5, 5.41) is 10.6. The molecule has 1 aliphatic heterocycles. The monoisotopic (exact) mass is 549 g/mol. The molecule has 7 nitrogen and oxygen atoms in total. The number of esters is 1. The van der Waals surface area contributed by atoms with Crippen LogP contribution in [0, 0.1) is 5.92 Å². The van der Waals surface area contributed by atoms with Crippen LogP contribution in [0.15, 0.2) is 24.3 Å². The summed E-state index contributed by atoms with van der Waals surface area (Å²) in [7, 11) is 0. The maximum Gasteiger partial charge on any atom is 0.410 e. The molecule has 0 aliphatic carbocycles. The SMILES string of the molecule is CCOC(=O)c1nnc(CC2CCCN(C(=O)OC(C)(C)C)C2)c2cc(-c3cc(Cl)cc(Cl)c3)sc12. The number of rotatable bonds is 5. The fourth-order valence-corrected chi connectivity index (χ4v) is 5.98. The Morgan fingerprint density at radius 1 is 1.14 bits per heavy atom. The number of nitrogens with zero attached hydrogens (tertiary/aromatic N) is 3. The molecule has 1 amide bonds. The molecule has 3 heterocycles. The summed E-state index contributed by atoms with van der Waals surface area (Å²) < 4.78 is 11.5. The Bertz CT molecular complexity index is 1270. The second-order valence-electron chi connectivity index (χ2n) is 9.87. The van der Waals surface area contributed by atoms with Crippen molar-refractivity contribution in [3.05, 3.63) is 45.7 Å². The van der Waals surface area contributed by atoms with E-state index in [1.54, 1.807) is 17.9 Å². The average Bonchev–Trinajstić information content (AvgIpc) is 3.24. The van der Waals surface area contributed by atoms with Crippen molar-refractivity contribution < 1.29 is 19.1 Å². The lowest BCUT2D eigenvalue weighted by atomic mass is 9.92. The molecule has 0 radical (unpaired) electrons. The van der Waals surface area contributed by atoms with E-state index in [0.717, 1.165) is 34.4 Å². The van der Waals surface area contributed by atoms with Gasteiger partial charge in [0.25, 0.3) is 0 Å². The minimum Gasteiger partial charge on any atom is -0.461 e. The van der Waals surface area contributed by atoms with E-state index in [1.165, 1.54) is 11.3 Å². The minimum absolute atomic E-state index is 0.194. The van der Waals surface area contributed by atoms with Gasteiger partial charge in [0.15, 0.2) is 5.69 Å². The predicted molar refractivity (Wildman–Crippen MR) is 143 cm³/mol. The van der Waals surface area contributed by atoms with E-state index in [4.69, 9.17) is 32.7 Å². The Morgan fingerprint density at radius 3 is 2.53 bits per heavy atom. The molecule has 1 unspecified atom stereocenters. The normalized spacial score (nSPS) is 16.3. The van der Waals surface area contributed by atoms with Gasteiger partial charge in [-0.15, -0.1) is 16.4 Å². The maximum atomic E-state index is 12.6. The van der Waals surface area contributed by atoms with Crippen LogP contribution in [0.25, 0.3) is 20.5 Å². The molecule has 1 saturated heterocycles. The molecule has 1 aromatic carbocycles. The molecule has 2 aromatic heterocycles. The smallest absolute Gasteiger partial charge is 0.410 e. The van der Waals surface area contributed by atoms with Gasteiger partial charge in [-0.05, 0) is 82.7 Å². The summed E-state index contributed by atoms with van der Waals surface area (Å²) in [6.45, 7) is 8.85. The number of hydrogen-bond acceptors (Lipinski definition) is 7. The van der Waals surface area contributed by atoms with Crippen LogP contribution in [0.5, 0.6) is 0 Å². The number of carbonyl (C=O) groups is 2. The first-order chi connectivity index (χ1) is 17.0. The molecule has 0 saturated carbocycles. The molecular weight excluding hydrogens is 521 g/mol. The van der Waals surface area contributed by atoms with Gasteiger partial charge >= 0.3 is 12.1 Å². The molecule has 36 heavy (non-hydrogen) atoms. The maximum absolute atomic E-state index is 12.6. The van der Waals surface area contributed by atoms with Gasteiger partial charge in [0, 0.05) is 33.4 Å². The molecule has 0 bridgehead atoms. The van der Waals surface area contributed by atoms with Gasteiger partial charge < -0.3 is 14.4 Å². The predicted octanol–water partition coefficient (Wildman–Crippen LogP) is 7.03. The van der Waals surface area contributed by atoms with Gasteiger partial charge in [-0.1, -0.05) is 23.2 Å². The lowest BCUT2D eigenvalue weighted by Gasteiger charge is -2.34. The van der Waals surface area contributed by atoms with Crippen LogP contribution in [-0.2, 0) is 15.9 Å². The van der Waals surface area contributed by atoms with Gasteiger partial charge in [0.1, 0.15) is 5.60 Å². The third kappa shape index (κ3) is 6.28. The number of piperidine rings is 1. The third-order valence-corrected chi connectivity index (χ3v) is 7.42. The molecule has 1 fully saturated rings. The van der Waals surface area contributed by atoms with Crippen molar-refractivity contribution in [2.75, 3.05) is 19.7 Å². The number of likely N-dealkylation sites (tertiary alicyclic amines) is 1. The number of thiophene rings is 1. The fourth-order valence-electron chi connectivity index (χ4n) is 4.31. The van der Waals surface area contributed by atoms with E-state index < -0.39 is 11.6 Å². The van der Waals surface area contributed by atoms with E-state index in [1.807, 2.05) is 39.0 Å². The number of carbonyl (C=O) groups excluding carboxylic acids is 2. The number of hydrogen-bond donors (Lipinski definition) is 0. The topological polar surface area (TPSA) is 81.6 Å². The largest absolute Gasteiger partial charge is 0.461 e. The van der Waals surface area contributed by atoms with Crippen LogP contribution >= 0.6 is 34.5 Å². The third-order valence-electron chi connectivity index (χ3n) is 5.80. The Balaban J connectivity index is 1.67. The van der Waals surface area contributed by atoms with Crippen molar-refractivity contribution in [3.8, 4) is 10.4 Å². The quantitative estimate of drug-likeness (QED) is 0.317. The van der Waals surface area contributed by atoms with E-state index in [9.17, 15) is 9.59 Å². The van der Waals surface area contributed by atoms with Crippen molar-refractivity contribution in [1.82, 2.24) is 15.1 Å². The summed E-state index contributed by atoms with van der Waals surface area (Å²) in [5.41, 5.74) is 1.29.